The smallest absolute Gasteiger partial charge is 0.224 e. The maximum absolute atomic E-state index is 12.4. The van der Waals surface area contributed by atoms with E-state index in [0.717, 1.165) is 16.9 Å². The van der Waals surface area contributed by atoms with Crippen LogP contribution in [0.2, 0.25) is 0 Å². The standard InChI is InChI=1S/C19H23N5O/c1-11-6-9-21-19(22-11)23-17-12(2)18(14-4-5-14)24(13(3)25)16-7-8-20-10-15(16)17/h6-10,12,14,17-18H,4-5H2,1-3H3,(H,21,22,23)/t12-,17-,18-/m1/s1. The Balaban J connectivity index is 1.77. The number of pyridine rings is 1. The Morgan fingerprint density at radius 3 is 2.76 bits per heavy atom. The molecule has 6 nitrogen and oxygen atoms in total. The number of anilines is 2. The second-order valence-electron chi connectivity index (χ2n) is 7.15. The average molecular weight is 337 g/mol. The molecule has 1 aliphatic carbocycles. The number of hydrogen-bond acceptors (Lipinski definition) is 5. The van der Waals surface area contributed by atoms with Gasteiger partial charge >= 0.3 is 0 Å². The first-order chi connectivity index (χ1) is 12.1. The zero-order chi connectivity index (χ0) is 17.6. The monoisotopic (exact) mass is 337 g/mol. The zero-order valence-corrected chi connectivity index (χ0v) is 14.8. The number of rotatable bonds is 3. The summed E-state index contributed by atoms with van der Waals surface area (Å²) in [6, 6.07) is 4.07. The molecule has 0 spiro atoms. The SMILES string of the molecule is CC(=O)N1c2ccncc2[C@H](Nc2nccc(C)n2)[C@@H](C)[C@@H]1C1CC1. The van der Waals surface area contributed by atoms with Crippen molar-refractivity contribution in [2.75, 3.05) is 10.2 Å². The van der Waals surface area contributed by atoms with Crippen LogP contribution in [0.1, 0.15) is 44.0 Å². The van der Waals surface area contributed by atoms with Crippen LogP contribution in [0.5, 0.6) is 0 Å². The van der Waals surface area contributed by atoms with E-state index in [1.54, 1.807) is 19.3 Å². The summed E-state index contributed by atoms with van der Waals surface area (Å²) >= 11 is 0. The van der Waals surface area contributed by atoms with Gasteiger partial charge in [0.15, 0.2) is 0 Å². The topological polar surface area (TPSA) is 71.0 Å². The lowest BCUT2D eigenvalue weighted by Crippen LogP contribution is -2.51. The van der Waals surface area contributed by atoms with Crippen LogP contribution in [0.15, 0.2) is 30.7 Å². The summed E-state index contributed by atoms with van der Waals surface area (Å²) in [7, 11) is 0. The van der Waals surface area contributed by atoms with Crippen LogP contribution >= 0.6 is 0 Å². The van der Waals surface area contributed by atoms with Crippen molar-refractivity contribution in [2.24, 2.45) is 11.8 Å². The molecule has 1 fully saturated rings. The highest BCUT2D eigenvalue weighted by Gasteiger charge is 2.47. The van der Waals surface area contributed by atoms with E-state index < -0.39 is 0 Å². The van der Waals surface area contributed by atoms with Gasteiger partial charge in [0.2, 0.25) is 11.9 Å². The van der Waals surface area contributed by atoms with E-state index in [0.29, 0.717) is 11.9 Å². The molecule has 0 aromatic carbocycles. The van der Waals surface area contributed by atoms with Gasteiger partial charge in [0, 0.05) is 48.7 Å². The number of carbonyl (C=O) groups excluding carboxylic acids is 1. The minimum absolute atomic E-state index is 0.0340. The Hall–Kier alpha value is -2.50. The van der Waals surface area contributed by atoms with E-state index in [2.05, 4.69) is 27.2 Å². The minimum Gasteiger partial charge on any atom is -0.347 e. The quantitative estimate of drug-likeness (QED) is 0.932. The van der Waals surface area contributed by atoms with Gasteiger partial charge in [0.1, 0.15) is 0 Å². The molecule has 1 amide bonds. The lowest BCUT2D eigenvalue weighted by Gasteiger charge is -2.45. The van der Waals surface area contributed by atoms with Gasteiger partial charge in [-0.05, 0) is 37.8 Å². The Morgan fingerprint density at radius 1 is 1.28 bits per heavy atom. The highest BCUT2D eigenvalue weighted by atomic mass is 16.2. The molecular formula is C19H23N5O. The first kappa shape index (κ1) is 16.0. The summed E-state index contributed by atoms with van der Waals surface area (Å²) in [5.74, 6) is 1.54. The second kappa shape index (κ2) is 6.10. The van der Waals surface area contributed by atoms with Gasteiger partial charge in [0.05, 0.1) is 11.7 Å². The number of aryl methyl sites for hydroxylation is 1. The van der Waals surface area contributed by atoms with Gasteiger partial charge in [-0.1, -0.05) is 6.92 Å². The lowest BCUT2D eigenvalue weighted by molar-refractivity contribution is -0.117. The van der Waals surface area contributed by atoms with Gasteiger partial charge in [-0.3, -0.25) is 9.78 Å². The van der Waals surface area contributed by atoms with Crippen molar-refractivity contribution >= 4 is 17.5 Å². The number of amides is 1. The van der Waals surface area contributed by atoms with Crippen LogP contribution < -0.4 is 10.2 Å². The summed E-state index contributed by atoms with van der Waals surface area (Å²) in [6.07, 6.45) is 7.76. The van der Waals surface area contributed by atoms with Crippen LogP contribution in [0.25, 0.3) is 0 Å². The fourth-order valence-corrected chi connectivity index (χ4v) is 4.06. The van der Waals surface area contributed by atoms with E-state index >= 15 is 0 Å². The van der Waals surface area contributed by atoms with Gasteiger partial charge in [-0.2, -0.15) is 0 Å². The first-order valence-electron chi connectivity index (χ1n) is 8.86. The van der Waals surface area contributed by atoms with Crippen molar-refractivity contribution in [3.05, 3.63) is 42.0 Å². The van der Waals surface area contributed by atoms with Gasteiger partial charge in [-0.15, -0.1) is 0 Å². The van der Waals surface area contributed by atoms with Crippen LogP contribution in [0.3, 0.4) is 0 Å². The van der Waals surface area contributed by atoms with Crippen molar-refractivity contribution in [3.8, 4) is 0 Å². The van der Waals surface area contributed by atoms with Gasteiger partial charge < -0.3 is 10.2 Å². The van der Waals surface area contributed by atoms with Crippen molar-refractivity contribution < 1.29 is 4.79 Å². The fourth-order valence-electron chi connectivity index (χ4n) is 4.06. The minimum atomic E-state index is 0.0340. The predicted octanol–water partition coefficient (Wildman–Crippen LogP) is 3.11. The molecule has 3 atom stereocenters. The third-order valence-corrected chi connectivity index (χ3v) is 5.31. The van der Waals surface area contributed by atoms with E-state index in [1.807, 2.05) is 30.2 Å². The fraction of sp³-hybridized carbons (Fsp3) is 0.474. The van der Waals surface area contributed by atoms with Crippen molar-refractivity contribution in [1.82, 2.24) is 15.0 Å². The molecule has 1 N–H and O–H groups in total. The van der Waals surface area contributed by atoms with Crippen LogP contribution in [0, 0.1) is 18.8 Å². The average Bonchev–Trinajstić information content (AvgIpc) is 3.41. The number of hydrogen-bond donors (Lipinski definition) is 1. The zero-order valence-electron chi connectivity index (χ0n) is 14.8. The number of fused-ring (bicyclic) bond motifs is 1. The first-order valence-corrected chi connectivity index (χ1v) is 8.86. The Labute approximate surface area is 147 Å². The summed E-state index contributed by atoms with van der Waals surface area (Å²) in [5.41, 5.74) is 2.92. The molecule has 1 saturated carbocycles. The summed E-state index contributed by atoms with van der Waals surface area (Å²) in [5, 5.41) is 3.50. The molecule has 0 radical (unpaired) electrons. The molecule has 0 unspecified atom stereocenters. The maximum atomic E-state index is 12.4. The Morgan fingerprint density at radius 2 is 2.08 bits per heavy atom. The van der Waals surface area contributed by atoms with Crippen molar-refractivity contribution in [3.63, 3.8) is 0 Å². The molecule has 2 aromatic heterocycles. The number of carbonyl (C=O) groups is 1. The van der Waals surface area contributed by atoms with E-state index in [1.165, 1.54) is 12.8 Å². The number of aromatic nitrogens is 3. The maximum Gasteiger partial charge on any atom is 0.224 e. The van der Waals surface area contributed by atoms with Crippen LogP contribution in [0.4, 0.5) is 11.6 Å². The molecule has 2 aromatic rings. The van der Waals surface area contributed by atoms with E-state index in [-0.39, 0.29) is 23.9 Å². The summed E-state index contributed by atoms with van der Waals surface area (Å²) in [4.78, 5) is 27.6. The normalized spacial score (nSPS) is 25.4. The molecule has 4 rings (SSSR count). The third kappa shape index (κ3) is 2.86. The largest absolute Gasteiger partial charge is 0.347 e. The lowest BCUT2D eigenvalue weighted by atomic mass is 9.80. The van der Waals surface area contributed by atoms with Crippen molar-refractivity contribution in [1.29, 1.82) is 0 Å². The highest BCUT2D eigenvalue weighted by Crippen LogP contribution is 2.49. The van der Waals surface area contributed by atoms with Crippen LogP contribution in [-0.2, 0) is 4.79 Å². The highest BCUT2D eigenvalue weighted by molar-refractivity contribution is 5.94. The molecule has 0 saturated heterocycles. The summed E-state index contributed by atoms with van der Waals surface area (Å²) < 4.78 is 0. The predicted molar refractivity (Wildman–Crippen MR) is 96.2 cm³/mol. The molecule has 3 heterocycles. The number of nitrogens with one attached hydrogen (secondary N) is 1. The Bertz CT molecular complexity index is 804. The number of nitrogens with zero attached hydrogens (tertiary/aromatic N) is 4. The third-order valence-electron chi connectivity index (χ3n) is 5.31. The molecular weight excluding hydrogens is 314 g/mol. The Kier molecular flexibility index (Phi) is 3.90. The molecule has 1 aliphatic heterocycles. The molecule has 25 heavy (non-hydrogen) atoms. The van der Waals surface area contributed by atoms with Gasteiger partial charge in [0.25, 0.3) is 0 Å². The molecule has 2 aliphatic rings. The molecule has 130 valence electrons. The second-order valence-corrected chi connectivity index (χ2v) is 7.15. The van der Waals surface area contributed by atoms with Crippen LogP contribution in [-0.4, -0.2) is 26.9 Å². The molecule has 0 bridgehead atoms. The van der Waals surface area contributed by atoms with E-state index in [9.17, 15) is 4.79 Å². The van der Waals surface area contributed by atoms with Gasteiger partial charge in [-0.25, -0.2) is 9.97 Å². The molecule has 6 heteroatoms. The summed E-state index contributed by atoms with van der Waals surface area (Å²) in [6.45, 7) is 5.82. The van der Waals surface area contributed by atoms with E-state index in [4.69, 9.17) is 0 Å². The van der Waals surface area contributed by atoms with Crippen molar-refractivity contribution in [2.45, 2.75) is 45.7 Å².